The van der Waals surface area contributed by atoms with E-state index >= 15 is 0 Å². The van der Waals surface area contributed by atoms with Crippen molar-refractivity contribution in [3.8, 4) is 5.88 Å². The minimum Gasteiger partial charge on any atom is -0.474 e. The monoisotopic (exact) mass is 342 g/mol. The fourth-order valence-electron chi connectivity index (χ4n) is 3.11. The van der Waals surface area contributed by atoms with Crippen LogP contribution >= 0.6 is 0 Å². The van der Waals surface area contributed by atoms with Gasteiger partial charge >= 0.3 is 0 Å². The molecule has 3 rings (SSSR count). The van der Waals surface area contributed by atoms with E-state index in [0.717, 1.165) is 18.4 Å². The number of piperidine rings is 1. The molecule has 5 heteroatoms. The van der Waals surface area contributed by atoms with Crippen molar-refractivity contribution in [1.82, 2.24) is 9.88 Å². The van der Waals surface area contributed by atoms with E-state index < -0.39 is 0 Å². The summed E-state index contributed by atoms with van der Waals surface area (Å²) in [4.78, 5) is 18.6. The molecule has 1 amide bonds. The van der Waals surface area contributed by atoms with E-state index in [1.165, 1.54) is 12.1 Å². The summed E-state index contributed by atoms with van der Waals surface area (Å²) in [5.41, 5.74) is 0.989. The summed E-state index contributed by atoms with van der Waals surface area (Å²) in [5, 5.41) is 0. The van der Waals surface area contributed by atoms with Crippen LogP contribution in [-0.4, -0.2) is 35.0 Å². The van der Waals surface area contributed by atoms with E-state index in [0.29, 0.717) is 25.4 Å². The van der Waals surface area contributed by atoms with Gasteiger partial charge in [0, 0.05) is 44.6 Å². The third kappa shape index (κ3) is 4.78. The molecular weight excluding hydrogens is 319 g/mol. The average molecular weight is 342 g/mol. The molecule has 1 aliphatic rings. The molecule has 0 aliphatic carbocycles. The molecule has 0 N–H and O–H groups in total. The highest BCUT2D eigenvalue weighted by atomic mass is 19.1. The maximum Gasteiger partial charge on any atom is 0.223 e. The maximum atomic E-state index is 13.0. The number of nitrogens with zero attached hydrogens (tertiary/aromatic N) is 2. The zero-order valence-electron chi connectivity index (χ0n) is 14.4. The van der Waals surface area contributed by atoms with Gasteiger partial charge in [-0.15, -0.1) is 0 Å². The molecule has 1 fully saturated rings. The van der Waals surface area contributed by atoms with E-state index in [-0.39, 0.29) is 23.7 Å². The van der Waals surface area contributed by atoms with Crippen LogP contribution in [0.1, 0.15) is 37.7 Å². The lowest BCUT2D eigenvalue weighted by Crippen LogP contribution is -2.42. The first-order chi connectivity index (χ1) is 12.1. The van der Waals surface area contributed by atoms with Crippen LogP contribution < -0.4 is 4.74 Å². The molecule has 0 bridgehead atoms. The van der Waals surface area contributed by atoms with Gasteiger partial charge < -0.3 is 9.64 Å². The third-order valence-electron chi connectivity index (χ3n) is 4.64. The summed E-state index contributed by atoms with van der Waals surface area (Å²) in [6.45, 7) is 3.40. The number of carbonyl (C=O) groups is 1. The van der Waals surface area contributed by atoms with Crippen LogP contribution in [0, 0.1) is 5.82 Å². The second kappa shape index (κ2) is 8.10. The lowest BCUT2D eigenvalue weighted by molar-refractivity contribution is -0.133. The van der Waals surface area contributed by atoms with Crippen LogP contribution in [0.3, 0.4) is 0 Å². The number of rotatable bonds is 5. The topological polar surface area (TPSA) is 42.4 Å². The minimum absolute atomic E-state index is 0.0793. The van der Waals surface area contributed by atoms with Crippen molar-refractivity contribution in [2.75, 3.05) is 13.1 Å². The molecule has 0 radical (unpaired) electrons. The van der Waals surface area contributed by atoms with Gasteiger partial charge in [-0.05, 0) is 29.7 Å². The number of hydrogen-bond acceptors (Lipinski definition) is 3. The number of halogens is 1. The maximum absolute atomic E-state index is 13.0. The van der Waals surface area contributed by atoms with Crippen LogP contribution in [0.2, 0.25) is 0 Å². The number of aromatic nitrogens is 1. The molecule has 1 aromatic carbocycles. The van der Waals surface area contributed by atoms with Gasteiger partial charge in [-0.2, -0.15) is 0 Å². The molecular formula is C20H23FN2O2. The lowest BCUT2D eigenvalue weighted by Gasteiger charge is -2.32. The number of benzene rings is 1. The zero-order valence-corrected chi connectivity index (χ0v) is 14.4. The fourth-order valence-corrected chi connectivity index (χ4v) is 3.11. The molecule has 1 saturated heterocycles. The van der Waals surface area contributed by atoms with Gasteiger partial charge in [0.15, 0.2) is 0 Å². The van der Waals surface area contributed by atoms with Crippen molar-refractivity contribution in [2.24, 2.45) is 0 Å². The summed E-state index contributed by atoms with van der Waals surface area (Å²) in [6.07, 6.45) is 3.89. The fraction of sp³-hybridized carbons (Fsp3) is 0.400. The first kappa shape index (κ1) is 17.4. The quantitative estimate of drug-likeness (QED) is 0.830. The normalized spacial score (nSPS) is 16.5. The Kier molecular flexibility index (Phi) is 5.64. The van der Waals surface area contributed by atoms with Crippen molar-refractivity contribution in [1.29, 1.82) is 0 Å². The highest BCUT2D eigenvalue weighted by molar-refractivity contribution is 5.77. The largest absolute Gasteiger partial charge is 0.474 e. The molecule has 1 atom stereocenters. The van der Waals surface area contributed by atoms with Gasteiger partial charge in [0.05, 0.1) is 0 Å². The summed E-state index contributed by atoms with van der Waals surface area (Å²) < 4.78 is 18.9. The number of likely N-dealkylation sites (tertiary alicyclic amines) is 1. The molecule has 0 unspecified atom stereocenters. The Morgan fingerprint density at radius 3 is 2.60 bits per heavy atom. The molecule has 4 nitrogen and oxygen atoms in total. The summed E-state index contributed by atoms with van der Waals surface area (Å²) in [5.74, 6) is 0.609. The van der Waals surface area contributed by atoms with Crippen LogP contribution in [0.5, 0.6) is 5.88 Å². The zero-order chi connectivity index (χ0) is 17.6. The first-order valence-electron chi connectivity index (χ1n) is 8.73. The van der Waals surface area contributed by atoms with E-state index in [1.54, 1.807) is 18.3 Å². The summed E-state index contributed by atoms with van der Waals surface area (Å²) >= 11 is 0. The number of amides is 1. The van der Waals surface area contributed by atoms with Crippen LogP contribution in [-0.2, 0) is 4.79 Å². The third-order valence-corrected chi connectivity index (χ3v) is 4.64. The molecule has 2 aromatic rings. The Morgan fingerprint density at radius 2 is 1.96 bits per heavy atom. The van der Waals surface area contributed by atoms with Crippen LogP contribution in [0.4, 0.5) is 4.39 Å². The van der Waals surface area contributed by atoms with E-state index in [9.17, 15) is 9.18 Å². The van der Waals surface area contributed by atoms with Gasteiger partial charge in [0.1, 0.15) is 11.9 Å². The second-order valence-electron chi connectivity index (χ2n) is 6.52. The van der Waals surface area contributed by atoms with E-state index in [1.807, 2.05) is 30.0 Å². The molecule has 2 heterocycles. The smallest absolute Gasteiger partial charge is 0.223 e. The molecule has 132 valence electrons. The van der Waals surface area contributed by atoms with E-state index in [4.69, 9.17) is 4.74 Å². The van der Waals surface area contributed by atoms with Crippen LogP contribution in [0.15, 0.2) is 48.7 Å². The SMILES string of the molecule is C[C@H](CC(=O)N1CCC(Oc2ccccn2)CC1)c1ccc(F)cc1. The number of pyridine rings is 1. The summed E-state index contributed by atoms with van der Waals surface area (Å²) in [7, 11) is 0. The predicted molar refractivity (Wildman–Crippen MR) is 93.9 cm³/mol. The highest BCUT2D eigenvalue weighted by Crippen LogP contribution is 2.23. The number of carbonyl (C=O) groups excluding carboxylic acids is 1. The van der Waals surface area contributed by atoms with Gasteiger partial charge in [-0.25, -0.2) is 9.37 Å². The Morgan fingerprint density at radius 1 is 1.24 bits per heavy atom. The molecule has 0 spiro atoms. The van der Waals surface area contributed by atoms with Crippen LogP contribution in [0.25, 0.3) is 0 Å². The van der Waals surface area contributed by atoms with Crippen molar-refractivity contribution < 1.29 is 13.9 Å². The van der Waals surface area contributed by atoms with Gasteiger partial charge in [0.25, 0.3) is 0 Å². The van der Waals surface area contributed by atoms with Gasteiger partial charge in [0.2, 0.25) is 11.8 Å². The molecule has 1 aromatic heterocycles. The van der Waals surface area contributed by atoms with Crippen molar-refractivity contribution >= 4 is 5.91 Å². The Labute approximate surface area is 147 Å². The molecule has 0 saturated carbocycles. The summed E-state index contributed by atoms with van der Waals surface area (Å²) in [6, 6.07) is 12.0. The first-order valence-corrected chi connectivity index (χ1v) is 8.73. The Hall–Kier alpha value is -2.43. The molecule has 25 heavy (non-hydrogen) atoms. The van der Waals surface area contributed by atoms with E-state index in [2.05, 4.69) is 4.98 Å². The second-order valence-corrected chi connectivity index (χ2v) is 6.52. The minimum atomic E-state index is -0.253. The Balaban J connectivity index is 1.47. The van der Waals surface area contributed by atoms with Crippen molar-refractivity contribution in [3.63, 3.8) is 0 Å². The number of ether oxygens (including phenoxy) is 1. The van der Waals surface area contributed by atoms with Crippen molar-refractivity contribution in [3.05, 3.63) is 60.0 Å². The Bertz CT molecular complexity index is 683. The number of hydrogen-bond donors (Lipinski definition) is 0. The average Bonchev–Trinajstić information content (AvgIpc) is 2.63. The molecule has 1 aliphatic heterocycles. The predicted octanol–water partition coefficient (Wildman–Crippen LogP) is 3.78. The lowest BCUT2D eigenvalue weighted by atomic mass is 9.96. The van der Waals surface area contributed by atoms with Crippen molar-refractivity contribution in [2.45, 2.75) is 38.2 Å². The van der Waals surface area contributed by atoms with Gasteiger partial charge in [-0.1, -0.05) is 25.1 Å². The van der Waals surface area contributed by atoms with Gasteiger partial charge in [-0.3, -0.25) is 4.79 Å². The highest BCUT2D eigenvalue weighted by Gasteiger charge is 2.25. The standard InChI is InChI=1S/C20H23FN2O2/c1-15(16-5-7-17(21)8-6-16)14-20(24)23-12-9-18(10-13-23)25-19-4-2-3-11-22-19/h2-8,11,15,18H,9-10,12-14H2,1H3/t15-/m1/s1.